The first-order valence-corrected chi connectivity index (χ1v) is 9.84. The number of hydrogen-bond donors (Lipinski definition) is 2. The molecule has 0 saturated heterocycles. The van der Waals surface area contributed by atoms with Gasteiger partial charge in [0, 0.05) is 5.69 Å². The Bertz CT molecular complexity index is 971. The number of amides is 1. The van der Waals surface area contributed by atoms with E-state index in [1.165, 1.54) is 6.07 Å². The van der Waals surface area contributed by atoms with Crippen molar-refractivity contribution >= 4 is 21.6 Å². The highest BCUT2D eigenvalue weighted by molar-refractivity contribution is 7.92. The molecular weight excluding hydrogens is 352 g/mol. The molecule has 2 aromatic carbocycles. The molecule has 26 heavy (non-hydrogen) atoms. The molecule has 0 saturated carbocycles. The molecule has 138 valence electrons. The van der Waals surface area contributed by atoms with Gasteiger partial charge in [-0.15, -0.1) is 0 Å². The Morgan fingerprint density at radius 1 is 1.04 bits per heavy atom. The summed E-state index contributed by atoms with van der Waals surface area (Å²) in [6.07, 6.45) is 0. The number of ether oxygens (including phenoxy) is 1. The summed E-state index contributed by atoms with van der Waals surface area (Å²) in [4.78, 5) is 12.4. The fourth-order valence-electron chi connectivity index (χ4n) is 3.11. The fraction of sp³-hybridized carbons (Fsp3) is 0.316. The first-order chi connectivity index (χ1) is 12.2. The molecule has 1 amide bonds. The van der Waals surface area contributed by atoms with Gasteiger partial charge in [0.2, 0.25) is 0 Å². The van der Waals surface area contributed by atoms with Crippen LogP contribution < -0.4 is 14.8 Å². The predicted molar refractivity (Wildman–Crippen MR) is 100 cm³/mol. The molecule has 2 aromatic rings. The maximum Gasteiger partial charge on any atom is 0.262 e. The largest absolute Gasteiger partial charge is 0.491 e. The number of carbonyl (C=O) groups excluding carboxylic acids is 1. The molecule has 7 heteroatoms. The van der Waals surface area contributed by atoms with Crippen LogP contribution >= 0.6 is 0 Å². The third-order valence-electron chi connectivity index (χ3n) is 4.69. The van der Waals surface area contributed by atoms with Crippen molar-refractivity contribution in [3.63, 3.8) is 0 Å². The number of anilines is 1. The molecule has 1 aliphatic heterocycles. The van der Waals surface area contributed by atoms with Crippen LogP contribution in [0.25, 0.3) is 0 Å². The van der Waals surface area contributed by atoms with Crippen molar-refractivity contribution in [3.8, 4) is 5.75 Å². The lowest BCUT2D eigenvalue weighted by atomic mass is 10.0. The lowest BCUT2D eigenvalue weighted by Crippen LogP contribution is -2.24. The SMILES string of the molecule is Cc1cc(C)c(C)c(S(=O)(=O)Nc2ccc3c(c2)C(=O)NCCO3)c1C. The van der Waals surface area contributed by atoms with Gasteiger partial charge in [-0.2, -0.15) is 0 Å². The second-order valence-corrected chi connectivity index (χ2v) is 8.13. The quantitative estimate of drug-likeness (QED) is 0.865. The number of rotatable bonds is 3. The van der Waals surface area contributed by atoms with E-state index in [1.54, 1.807) is 26.0 Å². The van der Waals surface area contributed by atoms with Crippen molar-refractivity contribution in [2.45, 2.75) is 32.6 Å². The van der Waals surface area contributed by atoms with Gasteiger partial charge in [0.05, 0.1) is 17.0 Å². The first-order valence-electron chi connectivity index (χ1n) is 8.36. The average Bonchev–Trinajstić information content (AvgIpc) is 2.74. The Labute approximate surface area is 153 Å². The summed E-state index contributed by atoms with van der Waals surface area (Å²) in [6.45, 7) is 8.18. The van der Waals surface area contributed by atoms with Gasteiger partial charge in [0.15, 0.2) is 0 Å². The Balaban J connectivity index is 2.03. The molecule has 0 unspecified atom stereocenters. The number of sulfonamides is 1. The molecule has 0 spiro atoms. The summed E-state index contributed by atoms with van der Waals surface area (Å²) in [5, 5.41) is 2.71. The van der Waals surface area contributed by atoms with E-state index in [0.717, 1.165) is 22.3 Å². The predicted octanol–water partition coefficient (Wildman–Crippen LogP) is 2.84. The minimum absolute atomic E-state index is 0.280. The van der Waals surface area contributed by atoms with Crippen LogP contribution in [0.5, 0.6) is 5.75 Å². The van der Waals surface area contributed by atoms with Crippen LogP contribution in [-0.2, 0) is 10.0 Å². The molecule has 0 aliphatic carbocycles. The van der Waals surface area contributed by atoms with Crippen molar-refractivity contribution in [1.82, 2.24) is 5.32 Å². The molecule has 3 rings (SSSR count). The van der Waals surface area contributed by atoms with E-state index in [9.17, 15) is 13.2 Å². The Morgan fingerprint density at radius 3 is 2.35 bits per heavy atom. The first kappa shape index (κ1) is 18.3. The van der Waals surface area contributed by atoms with Gasteiger partial charge in [0.25, 0.3) is 15.9 Å². The van der Waals surface area contributed by atoms with E-state index in [0.29, 0.717) is 30.2 Å². The zero-order valence-corrected chi connectivity index (χ0v) is 16.1. The summed E-state index contributed by atoms with van der Waals surface area (Å²) >= 11 is 0. The molecule has 0 atom stereocenters. The minimum atomic E-state index is -3.80. The fourth-order valence-corrected chi connectivity index (χ4v) is 4.77. The maximum atomic E-state index is 13.0. The molecular formula is C19H22N2O4S. The number of carbonyl (C=O) groups is 1. The normalized spacial score (nSPS) is 14.1. The standard InChI is InChI=1S/C19H22N2O4S/c1-11-9-12(2)14(4)18(13(11)3)26(23,24)21-15-5-6-17-16(10-15)19(22)20-7-8-25-17/h5-6,9-10,21H,7-8H2,1-4H3,(H,20,22). The van der Waals surface area contributed by atoms with Crippen LogP contribution in [0, 0.1) is 27.7 Å². The Kier molecular flexibility index (Phi) is 4.66. The van der Waals surface area contributed by atoms with Crippen molar-refractivity contribution in [3.05, 3.63) is 52.1 Å². The Morgan fingerprint density at radius 2 is 1.69 bits per heavy atom. The van der Waals surface area contributed by atoms with Gasteiger partial charge >= 0.3 is 0 Å². The van der Waals surface area contributed by atoms with Gasteiger partial charge in [-0.3, -0.25) is 9.52 Å². The second kappa shape index (κ2) is 6.64. The lowest BCUT2D eigenvalue weighted by molar-refractivity contribution is 0.0957. The molecule has 0 aromatic heterocycles. The average molecular weight is 374 g/mol. The smallest absolute Gasteiger partial charge is 0.262 e. The van der Waals surface area contributed by atoms with Crippen LogP contribution in [0.4, 0.5) is 5.69 Å². The number of hydrogen-bond acceptors (Lipinski definition) is 4. The minimum Gasteiger partial charge on any atom is -0.491 e. The molecule has 1 heterocycles. The van der Waals surface area contributed by atoms with Crippen LogP contribution in [0.2, 0.25) is 0 Å². The Hall–Kier alpha value is -2.54. The summed E-state index contributed by atoms with van der Waals surface area (Å²) in [6, 6.07) is 6.69. The monoisotopic (exact) mass is 374 g/mol. The number of aryl methyl sites for hydroxylation is 2. The number of benzene rings is 2. The van der Waals surface area contributed by atoms with Crippen molar-refractivity contribution in [1.29, 1.82) is 0 Å². The molecule has 0 fully saturated rings. The van der Waals surface area contributed by atoms with E-state index in [-0.39, 0.29) is 10.8 Å². The molecule has 1 aliphatic rings. The maximum absolute atomic E-state index is 13.0. The van der Waals surface area contributed by atoms with Crippen LogP contribution in [0.1, 0.15) is 32.6 Å². The van der Waals surface area contributed by atoms with E-state index in [1.807, 2.05) is 19.9 Å². The summed E-state index contributed by atoms with van der Waals surface area (Å²) < 4.78 is 34.1. The molecule has 0 radical (unpaired) electrons. The van der Waals surface area contributed by atoms with Crippen LogP contribution in [-0.4, -0.2) is 27.5 Å². The topological polar surface area (TPSA) is 84.5 Å². The number of fused-ring (bicyclic) bond motifs is 1. The molecule has 0 bridgehead atoms. The van der Waals surface area contributed by atoms with E-state index >= 15 is 0 Å². The zero-order chi connectivity index (χ0) is 19.1. The van der Waals surface area contributed by atoms with Gasteiger partial charge in [-0.05, 0) is 68.1 Å². The molecule has 2 N–H and O–H groups in total. The highest BCUT2D eigenvalue weighted by Gasteiger charge is 2.23. The highest BCUT2D eigenvalue weighted by atomic mass is 32.2. The van der Waals surface area contributed by atoms with Gasteiger partial charge in [0.1, 0.15) is 12.4 Å². The third-order valence-corrected chi connectivity index (χ3v) is 6.34. The van der Waals surface area contributed by atoms with Crippen LogP contribution in [0.15, 0.2) is 29.2 Å². The van der Waals surface area contributed by atoms with Crippen molar-refractivity contribution in [2.75, 3.05) is 17.9 Å². The highest BCUT2D eigenvalue weighted by Crippen LogP contribution is 2.30. The van der Waals surface area contributed by atoms with Gasteiger partial charge < -0.3 is 10.1 Å². The second-order valence-electron chi connectivity index (χ2n) is 6.51. The van der Waals surface area contributed by atoms with Gasteiger partial charge in [-0.25, -0.2) is 8.42 Å². The van der Waals surface area contributed by atoms with E-state index < -0.39 is 10.0 Å². The van der Waals surface area contributed by atoms with Gasteiger partial charge in [-0.1, -0.05) is 6.07 Å². The van der Waals surface area contributed by atoms with Crippen molar-refractivity contribution in [2.24, 2.45) is 0 Å². The summed E-state index contributed by atoms with van der Waals surface area (Å²) in [5.74, 6) is 0.166. The zero-order valence-electron chi connectivity index (χ0n) is 15.3. The third kappa shape index (κ3) is 3.26. The number of nitrogens with one attached hydrogen (secondary N) is 2. The molecule has 6 nitrogen and oxygen atoms in total. The summed E-state index contributed by atoms with van der Waals surface area (Å²) in [5.41, 5.74) is 3.91. The van der Waals surface area contributed by atoms with E-state index in [2.05, 4.69) is 10.0 Å². The lowest BCUT2D eigenvalue weighted by Gasteiger charge is -2.17. The van der Waals surface area contributed by atoms with Crippen LogP contribution in [0.3, 0.4) is 0 Å². The van der Waals surface area contributed by atoms with Crippen molar-refractivity contribution < 1.29 is 17.9 Å². The summed E-state index contributed by atoms with van der Waals surface area (Å²) in [7, 11) is -3.80. The van der Waals surface area contributed by atoms with E-state index in [4.69, 9.17) is 4.74 Å².